The van der Waals surface area contributed by atoms with Crippen LogP contribution in [0.15, 0.2) is 0 Å². The number of nitrogens with zero attached hydrogens (tertiary/aromatic N) is 1. The predicted molar refractivity (Wildman–Crippen MR) is 50.2 cm³/mol. The van der Waals surface area contributed by atoms with Crippen LogP contribution < -0.4 is 10.6 Å². The van der Waals surface area contributed by atoms with E-state index in [1.165, 1.54) is 0 Å². The normalized spacial score (nSPS) is 20.8. The summed E-state index contributed by atoms with van der Waals surface area (Å²) in [5, 5.41) is 6.92. The number of hydrogen-bond acceptors (Lipinski definition) is 2. The van der Waals surface area contributed by atoms with Crippen LogP contribution >= 0.6 is 12.2 Å². The van der Waals surface area contributed by atoms with Gasteiger partial charge in [-0.15, -0.1) is 0 Å². The van der Waals surface area contributed by atoms with Gasteiger partial charge in [-0.2, -0.15) is 0 Å². The van der Waals surface area contributed by atoms with Gasteiger partial charge in [-0.3, -0.25) is 4.90 Å². The zero-order valence-corrected chi connectivity index (χ0v) is 8.09. The molecule has 0 aliphatic carbocycles. The van der Waals surface area contributed by atoms with Crippen molar-refractivity contribution < 1.29 is 0 Å². The largest absolute Gasteiger partial charge is 0.350 e. The van der Waals surface area contributed by atoms with Crippen LogP contribution in [0, 0.1) is 0 Å². The van der Waals surface area contributed by atoms with Crippen molar-refractivity contribution in [3.63, 3.8) is 0 Å². The summed E-state index contributed by atoms with van der Waals surface area (Å²) in [5.74, 6) is 0. The van der Waals surface area contributed by atoms with Crippen molar-refractivity contribution in [2.45, 2.75) is 26.3 Å². The van der Waals surface area contributed by atoms with Gasteiger partial charge in [-0.05, 0) is 33.0 Å². The average molecular weight is 173 g/mol. The molecule has 0 saturated carbocycles. The molecule has 0 aromatic rings. The van der Waals surface area contributed by atoms with E-state index in [2.05, 4.69) is 36.3 Å². The molecular weight excluding hydrogens is 158 g/mol. The fourth-order valence-electron chi connectivity index (χ4n) is 0.927. The molecule has 1 aliphatic rings. The van der Waals surface area contributed by atoms with Crippen molar-refractivity contribution >= 4 is 17.3 Å². The first-order valence-corrected chi connectivity index (χ1v) is 4.18. The van der Waals surface area contributed by atoms with E-state index in [-0.39, 0.29) is 5.54 Å². The van der Waals surface area contributed by atoms with E-state index in [0.29, 0.717) is 0 Å². The van der Waals surface area contributed by atoms with Gasteiger partial charge in [0.1, 0.15) is 0 Å². The van der Waals surface area contributed by atoms with Gasteiger partial charge in [0.25, 0.3) is 0 Å². The molecule has 11 heavy (non-hydrogen) atoms. The van der Waals surface area contributed by atoms with Crippen molar-refractivity contribution in [1.29, 1.82) is 0 Å². The van der Waals surface area contributed by atoms with E-state index in [4.69, 9.17) is 12.2 Å². The fraction of sp³-hybridized carbons (Fsp3) is 0.857. The Hall–Kier alpha value is -0.350. The van der Waals surface area contributed by atoms with Gasteiger partial charge in [-0.1, -0.05) is 0 Å². The maximum Gasteiger partial charge on any atom is 0.168 e. The molecule has 64 valence electrons. The Labute approximate surface area is 73.1 Å². The molecule has 1 rings (SSSR count). The summed E-state index contributed by atoms with van der Waals surface area (Å²) in [4.78, 5) is 2.28. The lowest BCUT2D eigenvalue weighted by molar-refractivity contribution is 0.118. The molecule has 1 fully saturated rings. The molecule has 0 aromatic carbocycles. The average Bonchev–Trinajstić information content (AvgIpc) is 1.86. The third-order valence-corrected chi connectivity index (χ3v) is 2.10. The first-order chi connectivity index (χ1) is 5.00. The third-order valence-electron chi connectivity index (χ3n) is 1.81. The van der Waals surface area contributed by atoms with Crippen LogP contribution in [0.2, 0.25) is 0 Å². The summed E-state index contributed by atoms with van der Waals surface area (Å²) < 4.78 is 0. The van der Waals surface area contributed by atoms with Crippen LogP contribution in [0.4, 0.5) is 0 Å². The standard InChI is InChI=1S/C7H15N3S/c1-7(2,3)10-4-8-6(11)9-5-10/h4-5H2,1-3H3,(H2,8,9,11). The molecule has 0 atom stereocenters. The Kier molecular flexibility index (Phi) is 2.34. The Balaban J connectivity index is 2.45. The topological polar surface area (TPSA) is 27.3 Å². The second kappa shape index (κ2) is 2.95. The first-order valence-electron chi connectivity index (χ1n) is 3.77. The minimum Gasteiger partial charge on any atom is -0.350 e. The lowest BCUT2D eigenvalue weighted by Crippen LogP contribution is -2.59. The van der Waals surface area contributed by atoms with E-state index < -0.39 is 0 Å². The molecule has 1 aliphatic heterocycles. The number of hydrogen-bond donors (Lipinski definition) is 2. The summed E-state index contributed by atoms with van der Waals surface area (Å²) in [5.41, 5.74) is 0.204. The molecule has 3 nitrogen and oxygen atoms in total. The van der Waals surface area contributed by atoms with Crippen LogP contribution in [-0.4, -0.2) is 28.9 Å². The second-order valence-corrected chi connectivity index (χ2v) is 4.12. The zero-order chi connectivity index (χ0) is 8.48. The summed E-state index contributed by atoms with van der Waals surface area (Å²) in [6, 6.07) is 0. The third kappa shape index (κ3) is 2.31. The Morgan fingerprint density at radius 3 is 2.09 bits per heavy atom. The predicted octanol–water partition coefficient (Wildman–Crippen LogP) is 0.480. The van der Waals surface area contributed by atoms with E-state index in [9.17, 15) is 0 Å². The lowest BCUT2D eigenvalue weighted by atomic mass is 10.1. The number of nitrogens with one attached hydrogen (secondary N) is 2. The first kappa shape index (κ1) is 8.74. The highest BCUT2D eigenvalue weighted by molar-refractivity contribution is 7.80. The highest BCUT2D eigenvalue weighted by atomic mass is 32.1. The SMILES string of the molecule is CC(C)(C)N1CNC(=S)NC1. The van der Waals surface area contributed by atoms with Gasteiger partial charge in [0.05, 0.1) is 13.3 Å². The number of thiocarbonyl (C=S) groups is 1. The second-order valence-electron chi connectivity index (χ2n) is 3.71. The molecule has 0 aromatic heterocycles. The van der Waals surface area contributed by atoms with Crippen molar-refractivity contribution in [2.24, 2.45) is 0 Å². The minimum absolute atomic E-state index is 0.204. The monoisotopic (exact) mass is 173 g/mol. The van der Waals surface area contributed by atoms with Crippen molar-refractivity contribution in [3.05, 3.63) is 0 Å². The molecule has 0 bridgehead atoms. The summed E-state index contributed by atoms with van der Waals surface area (Å²) in [6.07, 6.45) is 0. The maximum atomic E-state index is 4.93. The summed E-state index contributed by atoms with van der Waals surface area (Å²) >= 11 is 4.93. The fourth-order valence-corrected chi connectivity index (χ4v) is 1.06. The molecule has 0 spiro atoms. The van der Waals surface area contributed by atoms with Crippen LogP contribution in [0.25, 0.3) is 0 Å². The Morgan fingerprint density at radius 2 is 1.73 bits per heavy atom. The van der Waals surface area contributed by atoms with Gasteiger partial charge in [-0.25, -0.2) is 0 Å². The van der Waals surface area contributed by atoms with Gasteiger partial charge in [0.2, 0.25) is 0 Å². The molecule has 1 saturated heterocycles. The lowest BCUT2D eigenvalue weighted by Gasteiger charge is -2.39. The van der Waals surface area contributed by atoms with Gasteiger partial charge < -0.3 is 10.6 Å². The van der Waals surface area contributed by atoms with Crippen LogP contribution in [0.3, 0.4) is 0 Å². The summed E-state index contributed by atoms with van der Waals surface area (Å²) in [6.45, 7) is 8.24. The summed E-state index contributed by atoms with van der Waals surface area (Å²) in [7, 11) is 0. The van der Waals surface area contributed by atoms with Crippen LogP contribution in [0.5, 0.6) is 0 Å². The van der Waals surface area contributed by atoms with Crippen molar-refractivity contribution in [2.75, 3.05) is 13.3 Å². The minimum atomic E-state index is 0.204. The molecule has 2 N–H and O–H groups in total. The van der Waals surface area contributed by atoms with Crippen molar-refractivity contribution in [3.8, 4) is 0 Å². The zero-order valence-electron chi connectivity index (χ0n) is 7.27. The van der Waals surface area contributed by atoms with Gasteiger partial charge in [0, 0.05) is 5.54 Å². The van der Waals surface area contributed by atoms with E-state index in [1.54, 1.807) is 0 Å². The van der Waals surface area contributed by atoms with E-state index >= 15 is 0 Å². The molecule has 0 amide bonds. The molecular formula is C7H15N3S. The molecule has 0 radical (unpaired) electrons. The molecule has 4 heteroatoms. The maximum absolute atomic E-state index is 4.93. The smallest absolute Gasteiger partial charge is 0.168 e. The Morgan fingerprint density at radius 1 is 1.27 bits per heavy atom. The quantitative estimate of drug-likeness (QED) is 0.521. The Bertz CT molecular complexity index is 152. The van der Waals surface area contributed by atoms with Crippen LogP contribution in [-0.2, 0) is 0 Å². The van der Waals surface area contributed by atoms with E-state index in [1.807, 2.05) is 0 Å². The highest BCUT2D eigenvalue weighted by Gasteiger charge is 2.23. The molecule has 1 heterocycles. The highest BCUT2D eigenvalue weighted by Crippen LogP contribution is 2.11. The van der Waals surface area contributed by atoms with Crippen molar-refractivity contribution in [1.82, 2.24) is 15.5 Å². The molecule has 0 unspecified atom stereocenters. The van der Waals surface area contributed by atoms with Crippen LogP contribution in [0.1, 0.15) is 20.8 Å². The van der Waals surface area contributed by atoms with E-state index in [0.717, 1.165) is 18.4 Å². The number of rotatable bonds is 0. The van der Waals surface area contributed by atoms with Gasteiger partial charge in [0.15, 0.2) is 5.11 Å². The van der Waals surface area contributed by atoms with Gasteiger partial charge >= 0.3 is 0 Å².